The summed E-state index contributed by atoms with van der Waals surface area (Å²) in [5, 5.41) is 10.6. The Morgan fingerprint density at radius 3 is 2.50 bits per heavy atom. The Morgan fingerprint density at radius 1 is 1.32 bits per heavy atom. The standard InChI is InChI=1S/C15H20N2O4S/c18-15(16-8-5-12(6-9-16)7-10-22)21-11-13-1-3-14(4-2-13)17(19)20/h1-4,12,22H,5-11H2. The summed E-state index contributed by atoms with van der Waals surface area (Å²) in [6.45, 7) is 1.57. The van der Waals surface area contributed by atoms with Crippen LogP contribution in [0.4, 0.5) is 10.5 Å². The first kappa shape index (κ1) is 16.6. The van der Waals surface area contributed by atoms with E-state index in [1.165, 1.54) is 12.1 Å². The molecule has 0 spiro atoms. The Bertz CT molecular complexity index is 513. The molecular formula is C15H20N2O4S. The molecule has 0 saturated carbocycles. The van der Waals surface area contributed by atoms with Gasteiger partial charge in [0, 0.05) is 25.2 Å². The summed E-state index contributed by atoms with van der Waals surface area (Å²) in [5.41, 5.74) is 0.769. The van der Waals surface area contributed by atoms with Gasteiger partial charge < -0.3 is 9.64 Å². The van der Waals surface area contributed by atoms with E-state index >= 15 is 0 Å². The third kappa shape index (κ3) is 4.62. The van der Waals surface area contributed by atoms with E-state index in [1.54, 1.807) is 17.0 Å². The molecule has 1 aromatic carbocycles. The maximum atomic E-state index is 12.0. The van der Waals surface area contributed by atoms with Crippen molar-refractivity contribution in [3.05, 3.63) is 39.9 Å². The van der Waals surface area contributed by atoms with Gasteiger partial charge >= 0.3 is 6.09 Å². The van der Waals surface area contributed by atoms with Crippen molar-refractivity contribution in [2.75, 3.05) is 18.8 Å². The van der Waals surface area contributed by atoms with Crippen molar-refractivity contribution in [2.45, 2.75) is 25.9 Å². The Hall–Kier alpha value is -1.76. The van der Waals surface area contributed by atoms with Crippen LogP contribution in [0.5, 0.6) is 0 Å². The number of rotatable bonds is 5. The zero-order valence-corrected chi connectivity index (χ0v) is 13.2. The molecule has 22 heavy (non-hydrogen) atoms. The van der Waals surface area contributed by atoms with Crippen molar-refractivity contribution in [3.8, 4) is 0 Å². The van der Waals surface area contributed by atoms with Crippen LogP contribution in [0.15, 0.2) is 24.3 Å². The molecule has 0 aliphatic carbocycles. The van der Waals surface area contributed by atoms with E-state index in [9.17, 15) is 14.9 Å². The number of hydrogen-bond donors (Lipinski definition) is 1. The van der Waals surface area contributed by atoms with E-state index < -0.39 is 4.92 Å². The molecule has 1 aliphatic heterocycles. The lowest BCUT2D eigenvalue weighted by Crippen LogP contribution is -2.38. The first-order valence-electron chi connectivity index (χ1n) is 7.36. The summed E-state index contributed by atoms with van der Waals surface area (Å²) < 4.78 is 5.27. The first-order valence-corrected chi connectivity index (χ1v) is 7.99. The van der Waals surface area contributed by atoms with Crippen LogP contribution >= 0.6 is 12.6 Å². The van der Waals surface area contributed by atoms with Gasteiger partial charge in [0.15, 0.2) is 0 Å². The van der Waals surface area contributed by atoms with Gasteiger partial charge in [0.1, 0.15) is 6.61 Å². The van der Waals surface area contributed by atoms with Crippen LogP contribution in [-0.4, -0.2) is 34.8 Å². The predicted octanol–water partition coefficient (Wildman–Crippen LogP) is 3.26. The summed E-state index contributed by atoms with van der Waals surface area (Å²) >= 11 is 4.24. The van der Waals surface area contributed by atoms with Crippen molar-refractivity contribution in [1.82, 2.24) is 4.90 Å². The lowest BCUT2D eigenvalue weighted by Gasteiger charge is -2.31. The molecule has 0 bridgehead atoms. The zero-order valence-electron chi connectivity index (χ0n) is 12.3. The number of carbonyl (C=O) groups excluding carboxylic acids is 1. The van der Waals surface area contributed by atoms with Crippen molar-refractivity contribution < 1.29 is 14.5 Å². The number of benzene rings is 1. The van der Waals surface area contributed by atoms with E-state index in [0.29, 0.717) is 5.92 Å². The number of nitro benzene ring substituents is 1. The molecule has 1 saturated heterocycles. The van der Waals surface area contributed by atoms with E-state index in [2.05, 4.69) is 12.6 Å². The maximum Gasteiger partial charge on any atom is 0.410 e. The number of likely N-dealkylation sites (tertiary alicyclic amines) is 1. The minimum atomic E-state index is -0.454. The van der Waals surface area contributed by atoms with Gasteiger partial charge in [-0.2, -0.15) is 12.6 Å². The third-order valence-corrected chi connectivity index (χ3v) is 4.18. The Balaban J connectivity index is 1.77. The molecule has 1 fully saturated rings. The molecule has 0 atom stereocenters. The monoisotopic (exact) mass is 324 g/mol. The molecule has 0 unspecified atom stereocenters. The second kappa shape index (κ2) is 8.03. The molecule has 7 heteroatoms. The highest BCUT2D eigenvalue weighted by atomic mass is 32.1. The number of non-ortho nitro benzene ring substituents is 1. The van der Waals surface area contributed by atoms with Crippen molar-refractivity contribution in [2.24, 2.45) is 5.92 Å². The number of carbonyl (C=O) groups is 1. The molecule has 2 rings (SSSR count). The van der Waals surface area contributed by atoms with Gasteiger partial charge in [0.25, 0.3) is 5.69 Å². The second-order valence-electron chi connectivity index (χ2n) is 5.42. The normalized spacial score (nSPS) is 15.6. The van der Waals surface area contributed by atoms with Crippen LogP contribution in [-0.2, 0) is 11.3 Å². The molecule has 1 amide bonds. The van der Waals surface area contributed by atoms with Crippen LogP contribution in [0, 0.1) is 16.0 Å². The predicted molar refractivity (Wildman–Crippen MR) is 86.0 cm³/mol. The van der Waals surface area contributed by atoms with E-state index in [-0.39, 0.29) is 18.4 Å². The van der Waals surface area contributed by atoms with Crippen LogP contribution in [0.2, 0.25) is 0 Å². The summed E-state index contributed by atoms with van der Waals surface area (Å²) in [6, 6.07) is 6.02. The van der Waals surface area contributed by atoms with Crippen LogP contribution in [0.1, 0.15) is 24.8 Å². The molecular weight excluding hydrogens is 304 g/mol. The lowest BCUT2D eigenvalue weighted by atomic mass is 9.95. The van der Waals surface area contributed by atoms with Gasteiger partial charge in [-0.25, -0.2) is 4.79 Å². The van der Waals surface area contributed by atoms with Crippen LogP contribution in [0.25, 0.3) is 0 Å². The highest BCUT2D eigenvalue weighted by molar-refractivity contribution is 7.80. The smallest absolute Gasteiger partial charge is 0.410 e. The Morgan fingerprint density at radius 2 is 1.95 bits per heavy atom. The average molecular weight is 324 g/mol. The van der Waals surface area contributed by atoms with Gasteiger partial charge in [-0.3, -0.25) is 10.1 Å². The minimum Gasteiger partial charge on any atom is -0.445 e. The summed E-state index contributed by atoms with van der Waals surface area (Å²) in [6.07, 6.45) is 2.76. The van der Waals surface area contributed by atoms with Gasteiger partial charge in [0.05, 0.1) is 4.92 Å². The van der Waals surface area contributed by atoms with Crippen molar-refractivity contribution >= 4 is 24.4 Å². The largest absolute Gasteiger partial charge is 0.445 e. The van der Waals surface area contributed by atoms with Gasteiger partial charge in [-0.15, -0.1) is 0 Å². The van der Waals surface area contributed by atoms with Crippen LogP contribution < -0.4 is 0 Å². The number of piperidine rings is 1. The average Bonchev–Trinajstić information content (AvgIpc) is 2.54. The number of nitrogens with zero attached hydrogens (tertiary/aromatic N) is 2. The number of ether oxygens (including phenoxy) is 1. The number of nitro groups is 1. The fourth-order valence-corrected chi connectivity index (χ4v) is 2.90. The van der Waals surface area contributed by atoms with Gasteiger partial charge in [-0.1, -0.05) is 0 Å². The summed E-state index contributed by atoms with van der Waals surface area (Å²) in [5.74, 6) is 1.53. The SMILES string of the molecule is O=C(OCc1ccc([N+](=O)[O-])cc1)N1CCC(CCS)CC1. The third-order valence-electron chi connectivity index (χ3n) is 3.92. The van der Waals surface area contributed by atoms with Crippen molar-refractivity contribution in [1.29, 1.82) is 0 Å². The van der Waals surface area contributed by atoms with Crippen LogP contribution in [0.3, 0.4) is 0 Å². The molecule has 1 aliphatic rings. The molecule has 0 radical (unpaired) electrons. The quantitative estimate of drug-likeness (QED) is 0.512. The lowest BCUT2D eigenvalue weighted by molar-refractivity contribution is -0.384. The molecule has 0 aromatic heterocycles. The molecule has 0 N–H and O–H groups in total. The number of thiol groups is 1. The Kier molecular flexibility index (Phi) is 6.06. The zero-order chi connectivity index (χ0) is 15.9. The van der Waals surface area contributed by atoms with Gasteiger partial charge in [0.2, 0.25) is 0 Å². The first-order chi connectivity index (χ1) is 10.6. The number of hydrogen-bond acceptors (Lipinski definition) is 5. The topological polar surface area (TPSA) is 72.7 Å². The van der Waals surface area contributed by atoms with E-state index in [0.717, 1.165) is 43.7 Å². The molecule has 1 aromatic rings. The molecule has 120 valence electrons. The summed E-state index contributed by atoms with van der Waals surface area (Å²) in [4.78, 5) is 23.8. The molecule has 6 nitrogen and oxygen atoms in total. The second-order valence-corrected chi connectivity index (χ2v) is 5.87. The fraction of sp³-hybridized carbons (Fsp3) is 0.533. The Labute approximate surface area is 135 Å². The van der Waals surface area contributed by atoms with E-state index in [1.807, 2.05) is 0 Å². The fourth-order valence-electron chi connectivity index (χ4n) is 2.54. The minimum absolute atomic E-state index is 0.0290. The molecule has 1 heterocycles. The van der Waals surface area contributed by atoms with Crippen molar-refractivity contribution in [3.63, 3.8) is 0 Å². The number of amides is 1. The van der Waals surface area contributed by atoms with Gasteiger partial charge in [-0.05, 0) is 48.6 Å². The maximum absolute atomic E-state index is 12.0. The highest BCUT2D eigenvalue weighted by Crippen LogP contribution is 2.21. The van der Waals surface area contributed by atoms with E-state index in [4.69, 9.17) is 4.74 Å². The summed E-state index contributed by atoms with van der Waals surface area (Å²) in [7, 11) is 0. The highest BCUT2D eigenvalue weighted by Gasteiger charge is 2.23.